The number of thioether (sulfide) groups is 2. The molecule has 6 heteroatoms. The monoisotopic (exact) mass is 516 g/mol. The molecule has 0 fully saturated rings. The van der Waals surface area contributed by atoms with Crippen LogP contribution in [0.2, 0.25) is 0 Å². The second-order valence-electron chi connectivity index (χ2n) is 8.43. The highest BCUT2D eigenvalue weighted by molar-refractivity contribution is 7.99. The van der Waals surface area contributed by atoms with Crippen molar-refractivity contribution in [3.63, 3.8) is 0 Å². The number of rotatable bonds is 11. The van der Waals surface area contributed by atoms with Gasteiger partial charge in [-0.3, -0.25) is 0 Å². The lowest BCUT2D eigenvalue weighted by Crippen LogP contribution is -2.15. The minimum Gasteiger partial charge on any atom is -0.478 e. The van der Waals surface area contributed by atoms with E-state index >= 15 is 0 Å². The van der Waals surface area contributed by atoms with E-state index in [4.69, 9.17) is 0 Å². The summed E-state index contributed by atoms with van der Waals surface area (Å²) in [5, 5.41) is 22.0. The van der Waals surface area contributed by atoms with Gasteiger partial charge in [-0.1, -0.05) is 67.6 Å². The number of hydrogen-bond donors (Lipinski definition) is 2. The third kappa shape index (κ3) is 5.94. The van der Waals surface area contributed by atoms with Crippen LogP contribution >= 0.6 is 23.5 Å². The highest BCUT2D eigenvalue weighted by atomic mass is 32.2. The summed E-state index contributed by atoms with van der Waals surface area (Å²) in [4.78, 5) is 26.7. The van der Waals surface area contributed by atoms with E-state index in [-0.39, 0.29) is 16.4 Å². The Labute approximate surface area is 219 Å². The fourth-order valence-corrected chi connectivity index (χ4v) is 6.63. The number of carboxylic acids is 2. The highest BCUT2D eigenvalue weighted by Gasteiger charge is 2.28. The maximum absolute atomic E-state index is 12.4. The van der Waals surface area contributed by atoms with Crippen molar-refractivity contribution in [3.05, 3.63) is 107 Å². The molecule has 4 aromatic carbocycles. The Morgan fingerprint density at radius 3 is 2.28 bits per heavy atom. The first-order valence-corrected chi connectivity index (χ1v) is 13.8. The van der Waals surface area contributed by atoms with Crippen LogP contribution in [0.25, 0.3) is 10.8 Å². The second-order valence-corrected chi connectivity index (χ2v) is 10.8. The molecule has 0 saturated carbocycles. The SMILES string of the molecule is CCC(Sc1cccc2ccccc12)c1c(CCCSc2ccccc2)ccc(C(=O)O)c1C(=O)O. The van der Waals surface area contributed by atoms with Crippen LogP contribution in [0, 0.1) is 0 Å². The molecule has 0 aliphatic carbocycles. The number of aromatic carboxylic acids is 2. The molecule has 0 aliphatic heterocycles. The molecule has 0 heterocycles. The first-order valence-electron chi connectivity index (χ1n) is 11.9. The summed E-state index contributed by atoms with van der Waals surface area (Å²) in [6.07, 6.45) is 2.21. The number of carboxylic acid groups (broad SMARTS) is 2. The Bertz CT molecular complexity index is 1360. The van der Waals surface area contributed by atoms with Crippen molar-refractivity contribution in [1.29, 1.82) is 0 Å². The normalized spacial score (nSPS) is 11.9. The van der Waals surface area contributed by atoms with E-state index in [2.05, 4.69) is 30.3 Å². The smallest absolute Gasteiger partial charge is 0.336 e. The molecule has 0 saturated heterocycles. The molecule has 1 unspecified atom stereocenters. The molecule has 0 aliphatic rings. The standard InChI is InChI=1S/C30H28O4S2/c1-2-25(36-26-16-8-11-20-10-6-7-15-23(20)26)27-21(12-9-19-35-22-13-4-3-5-14-22)17-18-24(29(31)32)28(27)30(33)34/h3-8,10-11,13-18,25H,2,9,12,19H2,1H3,(H,31,32)(H,33,34). The average molecular weight is 517 g/mol. The Morgan fingerprint density at radius 1 is 0.833 bits per heavy atom. The molecule has 2 N–H and O–H groups in total. The van der Waals surface area contributed by atoms with Gasteiger partial charge in [0, 0.05) is 15.0 Å². The first kappa shape index (κ1) is 25.9. The summed E-state index contributed by atoms with van der Waals surface area (Å²) in [7, 11) is 0. The van der Waals surface area contributed by atoms with Crippen LogP contribution in [-0.4, -0.2) is 27.9 Å². The van der Waals surface area contributed by atoms with Crippen LogP contribution in [0.5, 0.6) is 0 Å². The minimum absolute atomic E-state index is 0.0877. The third-order valence-corrected chi connectivity index (χ3v) is 8.66. The third-order valence-electron chi connectivity index (χ3n) is 6.09. The van der Waals surface area contributed by atoms with E-state index in [9.17, 15) is 19.8 Å². The number of carbonyl (C=O) groups is 2. The molecule has 36 heavy (non-hydrogen) atoms. The highest BCUT2D eigenvalue weighted by Crippen LogP contribution is 2.44. The summed E-state index contributed by atoms with van der Waals surface area (Å²) in [6, 6.07) is 27.7. The topological polar surface area (TPSA) is 74.6 Å². The minimum atomic E-state index is -1.22. The first-order chi connectivity index (χ1) is 17.5. The van der Waals surface area contributed by atoms with Crippen LogP contribution in [0.3, 0.4) is 0 Å². The van der Waals surface area contributed by atoms with Gasteiger partial charge in [-0.05, 0) is 71.2 Å². The molecule has 4 aromatic rings. The summed E-state index contributed by atoms with van der Waals surface area (Å²) in [5.74, 6) is -1.52. The van der Waals surface area contributed by atoms with Gasteiger partial charge in [0.25, 0.3) is 0 Å². The molecular formula is C30H28O4S2. The van der Waals surface area contributed by atoms with Crippen molar-refractivity contribution in [1.82, 2.24) is 0 Å². The maximum Gasteiger partial charge on any atom is 0.336 e. The molecular weight excluding hydrogens is 488 g/mol. The summed E-state index contributed by atoms with van der Waals surface area (Å²) in [6.45, 7) is 2.02. The maximum atomic E-state index is 12.4. The zero-order chi connectivity index (χ0) is 25.5. The number of fused-ring (bicyclic) bond motifs is 1. The quantitative estimate of drug-likeness (QED) is 0.155. The van der Waals surface area contributed by atoms with Gasteiger partial charge >= 0.3 is 11.9 Å². The lowest BCUT2D eigenvalue weighted by atomic mass is 9.90. The van der Waals surface area contributed by atoms with Crippen LogP contribution in [0.1, 0.15) is 56.9 Å². The van der Waals surface area contributed by atoms with Crippen LogP contribution < -0.4 is 0 Å². The lowest BCUT2D eigenvalue weighted by Gasteiger charge is -2.23. The molecule has 184 valence electrons. The van der Waals surface area contributed by atoms with Crippen molar-refractivity contribution in [2.75, 3.05) is 5.75 Å². The second kappa shape index (κ2) is 12.2. The van der Waals surface area contributed by atoms with Gasteiger partial charge in [0.05, 0.1) is 11.1 Å². The van der Waals surface area contributed by atoms with Gasteiger partial charge in [0.15, 0.2) is 0 Å². The van der Waals surface area contributed by atoms with Crippen molar-refractivity contribution < 1.29 is 19.8 Å². The molecule has 0 aromatic heterocycles. The average Bonchev–Trinajstić information content (AvgIpc) is 2.90. The Kier molecular flexibility index (Phi) is 8.73. The fraction of sp³-hybridized carbons (Fsp3) is 0.200. The van der Waals surface area contributed by atoms with Gasteiger partial charge < -0.3 is 10.2 Å². The van der Waals surface area contributed by atoms with E-state index in [1.165, 1.54) is 11.0 Å². The zero-order valence-corrected chi connectivity index (χ0v) is 21.6. The molecule has 1 atom stereocenters. The van der Waals surface area contributed by atoms with Crippen molar-refractivity contribution in [2.45, 2.75) is 41.2 Å². The van der Waals surface area contributed by atoms with Crippen LogP contribution in [-0.2, 0) is 6.42 Å². The molecule has 0 amide bonds. The van der Waals surface area contributed by atoms with Gasteiger partial charge in [0.2, 0.25) is 0 Å². The summed E-state index contributed by atoms with van der Waals surface area (Å²) < 4.78 is 0. The van der Waals surface area contributed by atoms with Gasteiger partial charge in [0.1, 0.15) is 0 Å². The van der Waals surface area contributed by atoms with Crippen molar-refractivity contribution in [3.8, 4) is 0 Å². The van der Waals surface area contributed by atoms with Gasteiger partial charge in [-0.2, -0.15) is 0 Å². The summed E-state index contributed by atoms with van der Waals surface area (Å²) >= 11 is 3.38. The van der Waals surface area contributed by atoms with Crippen LogP contribution in [0.4, 0.5) is 0 Å². The predicted octanol–water partition coefficient (Wildman–Crippen LogP) is 8.20. The van der Waals surface area contributed by atoms with Crippen LogP contribution in [0.15, 0.2) is 94.7 Å². The Hall–Kier alpha value is -3.22. The molecule has 4 nitrogen and oxygen atoms in total. The number of benzene rings is 4. The van der Waals surface area contributed by atoms with Crippen molar-refractivity contribution >= 4 is 46.2 Å². The molecule has 4 rings (SSSR count). The Morgan fingerprint density at radius 2 is 1.56 bits per heavy atom. The van der Waals surface area contributed by atoms with E-state index < -0.39 is 11.9 Å². The van der Waals surface area contributed by atoms with E-state index in [0.717, 1.165) is 33.4 Å². The lowest BCUT2D eigenvalue weighted by molar-refractivity contribution is 0.0650. The summed E-state index contributed by atoms with van der Waals surface area (Å²) in [5.41, 5.74) is 1.30. The molecule has 0 spiro atoms. The van der Waals surface area contributed by atoms with Crippen molar-refractivity contribution in [2.24, 2.45) is 0 Å². The fourth-order valence-electron chi connectivity index (χ4n) is 4.42. The van der Waals surface area contributed by atoms with E-state index in [0.29, 0.717) is 18.4 Å². The number of hydrogen-bond acceptors (Lipinski definition) is 4. The molecule has 0 radical (unpaired) electrons. The molecule has 0 bridgehead atoms. The van der Waals surface area contributed by atoms with E-state index in [1.807, 2.05) is 55.5 Å². The van der Waals surface area contributed by atoms with Gasteiger partial charge in [-0.25, -0.2) is 9.59 Å². The predicted molar refractivity (Wildman–Crippen MR) is 149 cm³/mol. The van der Waals surface area contributed by atoms with Gasteiger partial charge in [-0.15, -0.1) is 23.5 Å². The largest absolute Gasteiger partial charge is 0.478 e. The zero-order valence-electron chi connectivity index (χ0n) is 20.0. The van der Waals surface area contributed by atoms with E-state index in [1.54, 1.807) is 23.5 Å². The number of aryl methyl sites for hydroxylation is 1. The Balaban J connectivity index is 1.69.